The Kier molecular flexibility index (Phi) is 23.3. The predicted octanol–water partition coefficient (Wildman–Crippen LogP) is -0.429. The fourth-order valence-corrected chi connectivity index (χ4v) is 1.43. The van der Waals surface area contributed by atoms with Gasteiger partial charge in [0.2, 0.25) is 0 Å². The standard InChI is InChI=1S/C8H19O4P.C2H6O.Na.H/c1-2-3-4-5-6-7-8-12-13(9,10)11;1-2-3;;/h2-8H2,1H3,(H2,9,10,11);3H,2H2,1H3;;/q;;+1;-1. The van der Waals surface area contributed by atoms with Gasteiger partial charge in [0.1, 0.15) is 0 Å². The molecule has 0 bridgehead atoms. The van der Waals surface area contributed by atoms with Gasteiger partial charge in [-0.15, -0.1) is 0 Å². The summed E-state index contributed by atoms with van der Waals surface area (Å²) in [6.45, 7) is 4.24. The third-order valence-electron chi connectivity index (χ3n) is 1.76. The van der Waals surface area contributed by atoms with E-state index in [1.165, 1.54) is 19.3 Å². The van der Waals surface area contributed by atoms with Gasteiger partial charge >= 0.3 is 37.4 Å². The Morgan fingerprint density at radius 3 is 1.88 bits per heavy atom. The molecule has 0 rings (SSSR count). The monoisotopic (exact) mass is 280 g/mol. The Hall–Kier alpha value is 1.07. The van der Waals surface area contributed by atoms with Crippen LogP contribution in [-0.2, 0) is 9.09 Å². The van der Waals surface area contributed by atoms with Crippen molar-refractivity contribution in [2.75, 3.05) is 13.2 Å². The van der Waals surface area contributed by atoms with E-state index in [4.69, 9.17) is 14.9 Å². The summed E-state index contributed by atoms with van der Waals surface area (Å²) in [6, 6.07) is 0. The molecule has 0 saturated heterocycles. The van der Waals surface area contributed by atoms with E-state index in [0.717, 1.165) is 19.3 Å². The second-order valence-corrected chi connectivity index (χ2v) is 4.65. The molecule has 0 aliphatic carbocycles. The molecular formula is C10H26NaO5P. The van der Waals surface area contributed by atoms with Crippen LogP contribution in [0.5, 0.6) is 0 Å². The smallest absolute Gasteiger partial charge is 1.00 e. The minimum absolute atomic E-state index is 0. The van der Waals surface area contributed by atoms with E-state index in [2.05, 4.69) is 11.4 Å². The van der Waals surface area contributed by atoms with Crippen LogP contribution in [0.1, 0.15) is 53.8 Å². The Morgan fingerprint density at radius 1 is 1.06 bits per heavy atom. The first-order chi connectivity index (χ1) is 7.47. The summed E-state index contributed by atoms with van der Waals surface area (Å²) in [5, 5.41) is 7.57. The largest absolute Gasteiger partial charge is 1.00 e. The van der Waals surface area contributed by atoms with Crippen molar-refractivity contribution in [3.63, 3.8) is 0 Å². The molecule has 0 spiro atoms. The van der Waals surface area contributed by atoms with Crippen molar-refractivity contribution in [3.05, 3.63) is 0 Å². The van der Waals surface area contributed by atoms with Gasteiger partial charge in [-0.2, -0.15) is 0 Å². The predicted molar refractivity (Wildman–Crippen MR) is 65.2 cm³/mol. The number of hydrogen-bond donors (Lipinski definition) is 3. The zero-order valence-corrected chi connectivity index (χ0v) is 14.2. The molecule has 0 heterocycles. The Labute approximate surface area is 128 Å². The van der Waals surface area contributed by atoms with E-state index in [-0.39, 0.29) is 44.2 Å². The summed E-state index contributed by atoms with van der Waals surface area (Å²) >= 11 is 0. The molecule has 0 aromatic heterocycles. The number of phosphoric acid groups is 1. The summed E-state index contributed by atoms with van der Waals surface area (Å²) in [6.07, 6.45) is 6.48. The average Bonchev–Trinajstić information content (AvgIpc) is 2.16. The average molecular weight is 280 g/mol. The van der Waals surface area contributed by atoms with E-state index in [1.807, 2.05) is 0 Å². The molecule has 0 amide bonds. The number of aliphatic hydroxyl groups excluding tert-OH is 1. The van der Waals surface area contributed by atoms with Gasteiger partial charge in [0.05, 0.1) is 6.61 Å². The Morgan fingerprint density at radius 2 is 1.47 bits per heavy atom. The molecule has 17 heavy (non-hydrogen) atoms. The molecule has 0 aliphatic heterocycles. The van der Waals surface area contributed by atoms with Crippen LogP contribution in [-0.4, -0.2) is 28.1 Å². The van der Waals surface area contributed by atoms with Crippen molar-refractivity contribution in [2.24, 2.45) is 0 Å². The molecule has 5 nitrogen and oxygen atoms in total. The van der Waals surface area contributed by atoms with E-state index in [1.54, 1.807) is 6.92 Å². The second-order valence-electron chi connectivity index (χ2n) is 3.41. The summed E-state index contributed by atoms with van der Waals surface area (Å²) in [5.74, 6) is 0. The first kappa shape index (κ1) is 23.2. The van der Waals surface area contributed by atoms with Gasteiger partial charge in [-0.05, 0) is 13.3 Å². The van der Waals surface area contributed by atoms with Crippen LogP contribution in [0.2, 0.25) is 0 Å². The molecule has 0 radical (unpaired) electrons. The quantitative estimate of drug-likeness (QED) is 0.319. The van der Waals surface area contributed by atoms with Crippen molar-refractivity contribution in [1.82, 2.24) is 0 Å². The van der Waals surface area contributed by atoms with Gasteiger partial charge in [0, 0.05) is 6.61 Å². The number of hydrogen-bond acceptors (Lipinski definition) is 3. The molecule has 0 aromatic rings. The summed E-state index contributed by atoms with van der Waals surface area (Å²) in [5.41, 5.74) is 0. The van der Waals surface area contributed by atoms with Crippen LogP contribution in [0.3, 0.4) is 0 Å². The minimum atomic E-state index is -4.23. The van der Waals surface area contributed by atoms with Crippen LogP contribution in [0, 0.1) is 0 Å². The fourth-order valence-electron chi connectivity index (χ4n) is 1.07. The molecule has 0 saturated carbocycles. The zero-order chi connectivity index (χ0) is 12.9. The van der Waals surface area contributed by atoms with E-state index in [0.29, 0.717) is 0 Å². The van der Waals surface area contributed by atoms with E-state index >= 15 is 0 Å². The molecule has 7 heteroatoms. The molecule has 0 fully saturated rings. The number of rotatable bonds is 8. The van der Waals surface area contributed by atoms with E-state index < -0.39 is 7.82 Å². The minimum Gasteiger partial charge on any atom is -1.00 e. The Bertz CT molecular complexity index is 180. The fraction of sp³-hybridized carbons (Fsp3) is 1.00. The van der Waals surface area contributed by atoms with Crippen molar-refractivity contribution < 1.29 is 55.0 Å². The molecule has 0 aromatic carbocycles. The molecule has 3 N–H and O–H groups in total. The number of phosphoric ester groups is 1. The van der Waals surface area contributed by atoms with Crippen LogP contribution in [0.15, 0.2) is 0 Å². The zero-order valence-electron chi connectivity index (χ0n) is 12.3. The maximum Gasteiger partial charge on any atom is 1.00 e. The third kappa shape index (κ3) is 31.6. The number of aliphatic hydroxyl groups is 1. The second kappa shape index (κ2) is 17.1. The first-order valence-electron chi connectivity index (χ1n) is 5.78. The summed E-state index contributed by atoms with van der Waals surface area (Å²) < 4.78 is 14.5. The van der Waals surface area contributed by atoms with Crippen LogP contribution >= 0.6 is 7.82 Å². The number of unbranched alkanes of at least 4 members (excludes halogenated alkanes) is 5. The van der Waals surface area contributed by atoms with Gasteiger partial charge in [-0.25, -0.2) is 4.57 Å². The molecule has 102 valence electrons. The van der Waals surface area contributed by atoms with Crippen molar-refractivity contribution in [2.45, 2.75) is 52.4 Å². The van der Waals surface area contributed by atoms with Crippen LogP contribution < -0.4 is 29.6 Å². The van der Waals surface area contributed by atoms with Gasteiger partial charge in [-0.1, -0.05) is 39.0 Å². The summed E-state index contributed by atoms with van der Waals surface area (Å²) in [4.78, 5) is 16.7. The van der Waals surface area contributed by atoms with Gasteiger partial charge in [-0.3, -0.25) is 4.52 Å². The molecule has 0 atom stereocenters. The topological polar surface area (TPSA) is 87.0 Å². The maximum atomic E-state index is 10.2. The van der Waals surface area contributed by atoms with Crippen molar-refractivity contribution in [1.29, 1.82) is 0 Å². The van der Waals surface area contributed by atoms with Crippen LogP contribution in [0.4, 0.5) is 0 Å². The normalized spacial score (nSPS) is 10.2. The Balaban J connectivity index is -0.000000177. The molecular weight excluding hydrogens is 254 g/mol. The van der Waals surface area contributed by atoms with Crippen molar-refractivity contribution in [3.8, 4) is 0 Å². The van der Waals surface area contributed by atoms with E-state index in [9.17, 15) is 4.57 Å². The van der Waals surface area contributed by atoms with Gasteiger partial charge < -0.3 is 16.3 Å². The maximum absolute atomic E-state index is 10.2. The molecule has 0 unspecified atom stereocenters. The summed E-state index contributed by atoms with van der Waals surface area (Å²) in [7, 11) is -4.23. The molecule has 0 aliphatic rings. The van der Waals surface area contributed by atoms with Gasteiger partial charge in [0.15, 0.2) is 0 Å². The van der Waals surface area contributed by atoms with Crippen LogP contribution in [0.25, 0.3) is 0 Å². The third-order valence-corrected chi connectivity index (χ3v) is 2.28. The van der Waals surface area contributed by atoms with Crippen molar-refractivity contribution >= 4 is 7.82 Å². The SMILES string of the molecule is CCCCCCCCOP(=O)(O)O.CCO.[H-].[Na+]. The van der Waals surface area contributed by atoms with Gasteiger partial charge in [0.25, 0.3) is 0 Å². The first-order valence-corrected chi connectivity index (χ1v) is 7.31.